The summed E-state index contributed by atoms with van der Waals surface area (Å²) in [6.45, 7) is 3.22. The number of Topliss-reactive ketones (excluding diaryl/α,β-unsaturated/α-hetero) is 2. The van der Waals surface area contributed by atoms with E-state index >= 15 is 0 Å². The molecular formula is C9H10O3. The molecule has 0 radical (unpaired) electrons. The van der Waals surface area contributed by atoms with Gasteiger partial charge in [-0.05, 0) is 19.9 Å². The molecule has 0 aromatic rings. The smallest absolute Gasteiger partial charge is 0.163 e. The summed E-state index contributed by atoms with van der Waals surface area (Å²) in [7, 11) is 0. The zero-order chi connectivity index (χ0) is 9.14. The van der Waals surface area contributed by atoms with Crippen molar-refractivity contribution in [3.63, 3.8) is 0 Å². The van der Waals surface area contributed by atoms with Crippen molar-refractivity contribution in [1.29, 1.82) is 0 Å². The van der Waals surface area contributed by atoms with Gasteiger partial charge in [0.15, 0.2) is 11.6 Å². The fourth-order valence-corrected chi connectivity index (χ4v) is 1.04. The molecule has 0 saturated heterocycles. The van der Waals surface area contributed by atoms with Gasteiger partial charge in [0, 0.05) is 5.57 Å². The van der Waals surface area contributed by atoms with E-state index in [4.69, 9.17) is 4.74 Å². The summed E-state index contributed by atoms with van der Waals surface area (Å²) in [6.07, 6.45) is 2.97. The first-order chi connectivity index (χ1) is 5.63. The number of carbonyl (C=O) groups is 2. The van der Waals surface area contributed by atoms with Crippen molar-refractivity contribution in [2.45, 2.75) is 13.8 Å². The van der Waals surface area contributed by atoms with Gasteiger partial charge >= 0.3 is 0 Å². The van der Waals surface area contributed by atoms with Gasteiger partial charge in [0.2, 0.25) is 0 Å². The van der Waals surface area contributed by atoms with Crippen molar-refractivity contribution in [3.8, 4) is 0 Å². The normalized spacial score (nSPS) is 15.8. The first-order valence-electron chi connectivity index (χ1n) is 3.67. The Kier molecular flexibility index (Phi) is 2.43. The zero-order valence-corrected chi connectivity index (χ0v) is 7.09. The van der Waals surface area contributed by atoms with Crippen LogP contribution in [0.1, 0.15) is 13.8 Å². The summed E-state index contributed by atoms with van der Waals surface area (Å²) in [6, 6.07) is 0. The highest BCUT2D eigenvalue weighted by atomic mass is 16.5. The zero-order valence-electron chi connectivity index (χ0n) is 7.09. The Balaban J connectivity index is 2.98. The molecule has 1 aliphatic heterocycles. The van der Waals surface area contributed by atoms with Gasteiger partial charge in [-0.1, -0.05) is 0 Å². The van der Waals surface area contributed by atoms with Crippen molar-refractivity contribution in [2.24, 2.45) is 0 Å². The van der Waals surface area contributed by atoms with Crippen LogP contribution in [0, 0.1) is 0 Å². The van der Waals surface area contributed by atoms with E-state index in [1.807, 2.05) is 0 Å². The number of hydrogen-bond acceptors (Lipinski definition) is 3. The van der Waals surface area contributed by atoms with Crippen LogP contribution < -0.4 is 0 Å². The van der Waals surface area contributed by atoms with E-state index in [9.17, 15) is 9.59 Å². The maximum atomic E-state index is 11.0. The summed E-state index contributed by atoms with van der Waals surface area (Å²) < 4.78 is 4.91. The van der Waals surface area contributed by atoms with Gasteiger partial charge in [-0.15, -0.1) is 0 Å². The van der Waals surface area contributed by atoms with Crippen molar-refractivity contribution in [1.82, 2.24) is 0 Å². The molecule has 1 heterocycles. The standard InChI is InChI=1S/C9H10O3/c1-6(10)8-3-4-12-5-9(8)7(2)11/h3,5H,4H2,1-2H3. The molecule has 0 bridgehead atoms. The number of allylic oxidation sites excluding steroid dienone is 2. The van der Waals surface area contributed by atoms with Crippen LogP contribution in [0.3, 0.4) is 0 Å². The lowest BCUT2D eigenvalue weighted by atomic mass is 9.99. The second-order valence-electron chi connectivity index (χ2n) is 2.60. The molecule has 1 rings (SSSR count). The maximum absolute atomic E-state index is 11.0. The highest BCUT2D eigenvalue weighted by Crippen LogP contribution is 2.16. The second-order valence-corrected chi connectivity index (χ2v) is 2.60. The van der Waals surface area contributed by atoms with Crippen LogP contribution in [-0.2, 0) is 14.3 Å². The lowest BCUT2D eigenvalue weighted by Gasteiger charge is -2.11. The second kappa shape index (κ2) is 3.34. The predicted octanol–water partition coefficient (Wildman–Crippen LogP) is 1.00. The minimum absolute atomic E-state index is 0.0975. The van der Waals surface area contributed by atoms with Crippen LogP contribution in [0.2, 0.25) is 0 Å². The third kappa shape index (κ3) is 1.61. The van der Waals surface area contributed by atoms with Crippen LogP contribution in [0.25, 0.3) is 0 Å². The Labute approximate surface area is 70.7 Å². The van der Waals surface area contributed by atoms with Gasteiger partial charge in [-0.2, -0.15) is 0 Å². The molecule has 0 aromatic carbocycles. The molecule has 3 heteroatoms. The van der Waals surface area contributed by atoms with Crippen molar-refractivity contribution in [3.05, 3.63) is 23.5 Å². The average Bonchev–Trinajstić information content (AvgIpc) is 2.04. The molecule has 0 saturated carbocycles. The fraction of sp³-hybridized carbons (Fsp3) is 0.333. The number of hydrogen-bond donors (Lipinski definition) is 0. The lowest BCUT2D eigenvalue weighted by Crippen LogP contribution is -2.12. The van der Waals surface area contributed by atoms with E-state index in [-0.39, 0.29) is 11.6 Å². The molecular weight excluding hydrogens is 156 g/mol. The van der Waals surface area contributed by atoms with E-state index in [1.54, 1.807) is 6.08 Å². The Morgan fingerprint density at radius 1 is 1.25 bits per heavy atom. The monoisotopic (exact) mass is 166 g/mol. The number of ether oxygens (including phenoxy) is 1. The molecule has 0 spiro atoms. The lowest BCUT2D eigenvalue weighted by molar-refractivity contribution is -0.116. The summed E-state index contributed by atoms with van der Waals surface area (Å²) in [5.41, 5.74) is 0.836. The third-order valence-corrected chi connectivity index (χ3v) is 1.63. The van der Waals surface area contributed by atoms with Crippen molar-refractivity contribution >= 4 is 11.6 Å². The van der Waals surface area contributed by atoms with E-state index in [0.29, 0.717) is 17.8 Å². The molecule has 0 amide bonds. The van der Waals surface area contributed by atoms with Gasteiger partial charge in [0.05, 0.1) is 11.8 Å². The largest absolute Gasteiger partial charge is 0.496 e. The average molecular weight is 166 g/mol. The molecule has 0 aromatic heterocycles. The molecule has 0 unspecified atom stereocenters. The number of carbonyl (C=O) groups excluding carboxylic acids is 2. The van der Waals surface area contributed by atoms with Gasteiger partial charge in [0.1, 0.15) is 6.61 Å². The van der Waals surface area contributed by atoms with Gasteiger partial charge in [0.25, 0.3) is 0 Å². The van der Waals surface area contributed by atoms with Crippen LogP contribution in [0.4, 0.5) is 0 Å². The Bertz CT molecular complexity index is 254. The summed E-state index contributed by atoms with van der Waals surface area (Å²) in [4.78, 5) is 22.0. The van der Waals surface area contributed by atoms with E-state index in [0.717, 1.165) is 0 Å². The van der Waals surface area contributed by atoms with E-state index < -0.39 is 0 Å². The molecule has 12 heavy (non-hydrogen) atoms. The number of ketones is 2. The SMILES string of the molecule is CC(=O)C1=CCOC=C1C(C)=O. The third-order valence-electron chi connectivity index (χ3n) is 1.63. The first kappa shape index (κ1) is 8.71. The number of rotatable bonds is 2. The summed E-state index contributed by atoms with van der Waals surface area (Å²) in [5.74, 6) is -0.240. The maximum Gasteiger partial charge on any atom is 0.163 e. The topological polar surface area (TPSA) is 43.4 Å². The molecule has 0 fully saturated rings. The molecule has 1 aliphatic rings. The Morgan fingerprint density at radius 2 is 1.83 bits per heavy atom. The van der Waals surface area contributed by atoms with Gasteiger partial charge < -0.3 is 4.74 Å². The first-order valence-corrected chi connectivity index (χ1v) is 3.67. The fourth-order valence-electron chi connectivity index (χ4n) is 1.04. The van der Waals surface area contributed by atoms with Crippen molar-refractivity contribution in [2.75, 3.05) is 6.61 Å². The minimum atomic E-state index is -0.142. The molecule has 3 nitrogen and oxygen atoms in total. The Morgan fingerprint density at radius 3 is 2.25 bits per heavy atom. The summed E-state index contributed by atoms with van der Waals surface area (Å²) in [5, 5.41) is 0. The highest BCUT2D eigenvalue weighted by Gasteiger charge is 2.17. The summed E-state index contributed by atoms with van der Waals surface area (Å²) >= 11 is 0. The molecule has 0 N–H and O–H groups in total. The molecule has 0 atom stereocenters. The minimum Gasteiger partial charge on any atom is -0.496 e. The van der Waals surface area contributed by atoms with Crippen LogP contribution in [0.15, 0.2) is 23.5 Å². The molecule has 0 aliphatic carbocycles. The quantitative estimate of drug-likeness (QED) is 0.614. The van der Waals surface area contributed by atoms with Gasteiger partial charge in [-0.25, -0.2) is 0 Å². The van der Waals surface area contributed by atoms with Crippen LogP contribution >= 0.6 is 0 Å². The van der Waals surface area contributed by atoms with Crippen LogP contribution in [-0.4, -0.2) is 18.2 Å². The molecule has 64 valence electrons. The van der Waals surface area contributed by atoms with E-state index in [1.165, 1.54) is 20.1 Å². The van der Waals surface area contributed by atoms with Gasteiger partial charge in [-0.3, -0.25) is 9.59 Å². The highest BCUT2D eigenvalue weighted by molar-refractivity contribution is 6.10. The predicted molar refractivity (Wildman–Crippen MR) is 43.5 cm³/mol. The van der Waals surface area contributed by atoms with Crippen LogP contribution in [0.5, 0.6) is 0 Å². The van der Waals surface area contributed by atoms with Crippen molar-refractivity contribution < 1.29 is 14.3 Å². The Hall–Kier alpha value is -1.38. The van der Waals surface area contributed by atoms with E-state index in [2.05, 4.69) is 0 Å².